The molecule has 0 bridgehead atoms. The van der Waals surface area contributed by atoms with Crippen LogP contribution in [0.5, 0.6) is 0 Å². The predicted octanol–water partition coefficient (Wildman–Crippen LogP) is 6.46. The average molecular weight is 518 g/mol. The highest BCUT2D eigenvalue weighted by atomic mass is 32.1. The van der Waals surface area contributed by atoms with E-state index in [1.165, 1.54) is 11.3 Å². The van der Waals surface area contributed by atoms with Crippen molar-refractivity contribution in [2.75, 3.05) is 42.1 Å². The van der Waals surface area contributed by atoms with E-state index in [-0.39, 0.29) is 17.6 Å². The summed E-state index contributed by atoms with van der Waals surface area (Å²) < 4.78 is 0. The summed E-state index contributed by atoms with van der Waals surface area (Å²) in [5.74, 6) is 1.15. The second-order valence-corrected chi connectivity index (χ2v) is 9.02. The molecule has 0 saturated carbocycles. The van der Waals surface area contributed by atoms with Crippen molar-refractivity contribution in [1.82, 2.24) is 20.2 Å². The first kappa shape index (κ1) is 26.9. The topological polar surface area (TPSA) is 111 Å². The van der Waals surface area contributed by atoms with E-state index in [9.17, 15) is 9.59 Å². The van der Waals surface area contributed by atoms with Crippen molar-refractivity contribution in [3.8, 4) is 0 Å². The number of aromatic nitrogens is 2. The van der Waals surface area contributed by atoms with Crippen LogP contribution in [0.15, 0.2) is 48.0 Å². The van der Waals surface area contributed by atoms with Gasteiger partial charge in [-0.05, 0) is 55.8 Å². The van der Waals surface area contributed by atoms with Gasteiger partial charge in [-0.2, -0.15) is 4.98 Å². The number of nitrogens with zero attached hydrogens (tertiary/aromatic N) is 3. The molecule has 0 unspecified atom stereocenters. The molecule has 9 nitrogen and oxygen atoms in total. The summed E-state index contributed by atoms with van der Waals surface area (Å²) in [6.07, 6.45) is 4.64. The van der Waals surface area contributed by atoms with Crippen molar-refractivity contribution in [2.24, 2.45) is 0 Å². The zero-order valence-electron chi connectivity index (χ0n) is 21.1. The van der Waals surface area contributed by atoms with Crippen LogP contribution in [0.1, 0.15) is 54.1 Å². The number of hydrogen-bond acceptors (Lipinski definition) is 7. The number of benzene rings is 1. The van der Waals surface area contributed by atoms with E-state index in [0.29, 0.717) is 19.0 Å². The number of thiophene rings is 1. The number of anilines is 4. The fraction of sp³-hybridized carbons (Fsp3) is 0.385. The normalized spacial score (nSPS) is 12.4. The third-order valence-corrected chi connectivity index (χ3v) is 6.28. The Morgan fingerprint density at radius 2 is 1.86 bits per heavy atom. The van der Waals surface area contributed by atoms with Crippen molar-refractivity contribution >= 4 is 46.4 Å². The zero-order valence-corrected chi connectivity index (χ0v) is 22.0. The smallest absolute Gasteiger partial charge is 0.321 e. The van der Waals surface area contributed by atoms with Crippen LogP contribution in [0.4, 0.5) is 27.9 Å². The van der Waals surface area contributed by atoms with Crippen LogP contribution in [0.2, 0.25) is 0 Å². The molecule has 0 atom stereocenters. The van der Waals surface area contributed by atoms with Crippen molar-refractivity contribution < 1.29 is 15.3 Å². The highest BCUT2D eigenvalue weighted by Crippen LogP contribution is 2.21. The third-order valence-electron chi connectivity index (χ3n) is 5.41. The molecule has 200 valence electrons. The van der Waals surface area contributed by atoms with Gasteiger partial charge >= 0.3 is 6.03 Å². The summed E-state index contributed by atoms with van der Waals surface area (Å²) in [5.41, 5.74) is 2.43. The zero-order chi connectivity index (χ0) is 25.8. The highest BCUT2D eigenvalue weighted by molar-refractivity contribution is 7.12. The summed E-state index contributed by atoms with van der Waals surface area (Å²) in [4.78, 5) is 35.8. The molecule has 1 saturated heterocycles. The van der Waals surface area contributed by atoms with Crippen molar-refractivity contribution in [3.63, 3.8) is 0 Å². The Bertz CT molecular complexity index is 1130. The Kier molecular flexibility index (Phi) is 10.5. The van der Waals surface area contributed by atoms with Crippen LogP contribution < -0.4 is 21.3 Å². The lowest BCUT2D eigenvalue weighted by Crippen LogP contribution is -2.32. The minimum absolute atomic E-state index is 0. The van der Waals surface area contributed by atoms with Crippen LogP contribution in [-0.4, -0.2) is 53.0 Å². The minimum Gasteiger partial charge on any atom is -0.370 e. The standard InChI is InChI=1S/C24H29N7O2S.C2H6.4H2/c1-17-16-27-23(30-21(17)25-10-6-11-26-22(32)20-9-5-14-34-20)28-18-7-4-8-19(15-18)29-24(33)31-12-2-3-13-31;1-2;;;;/h4-5,7-9,14-16H,2-3,6,10-13H2,1H3,(H,26,32)(H,29,33)(H2,25,27,28,30);1-2H3;4*1H. The predicted molar refractivity (Wildman–Crippen MR) is 156 cm³/mol. The maximum atomic E-state index is 12.3. The van der Waals surface area contributed by atoms with Gasteiger partial charge in [0.25, 0.3) is 5.91 Å². The Labute approximate surface area is 222 Å². The van der Waals surface area contributed by atoms with E-state index in [4.69, 9.17) is 0 Å². The number of rotatable bonds is 9. The first-order valence-corrected chi connectivity index (χ1v) is 13.3. The van der Waals surface area contributed by atoms with E-state index in [1.807, 2.05) is 67.4 Å². The molecule has 0 radical (unpaired) electrons. The van der Waals surface area contributed by atoms with E-state index in [1.54, 1.807) is 6.20 Å². The molecule has 1 aliphatic heterocycles. The van der Waals surface area contributed by atoms with Gasteiger partial charge in [0, 0.05) is 55.0 Å². The molecule has 3 heterocycles. The van der Waals surface area contributed by atoms with Gasteiger partial charge in [-0.3, -0.25) is 4.79 Å². The number of hydrogen-bond donors (Lipinski definition) is 4. The molecule has 36 heavy (non-hydrogen) atoms. The van der Waals surface area contributed by atoms with Gasteiger partial charge in [0.05, 0.1) is 4.88 Å². The number of urea groups is 1. The van der Waals surface area contributed by atoms with Gasteiger partial charge in [0.1, 0.15) is 5.82 Å². The van der Waals surface area contributed by atoms with Crippen LogP contribution >= 0.6 is 11.3 Å². The lowest BCUT2D eigenvalue weighted by atomic mass is 10.3. The molecule has 0 aliphatic carbocycles. The fourth-order valence-electron chi connectivity index (χ4n) is 3.60. The molecular weight excluding hydrogens is 474 g/mol. The van der Waals surface area contributed by atoms with Gasteiger partial charge in [-0.25, -0.2) is 9.78 Å². The molecule has 10 heteroatoms. The maximum absolute atomic E-state index is 12.3. The molecule has 4 rings (SSSR count). The van der Waals surface area contributed by atoms with E-state index >= 15 is 0 Å². The van der Waals surface area contributed by atoms with Crippen LogP contribution in [0.3, 0.4) is 0 Å². The van der Waals surface area contributed by atoms with Crippen molar-refractivity contribution in [1.29, 1.82) is 0 Å². The van der Waals surface area contributed by atoms with Crippen molar-refractivity contribution in [2.45, 2.75) is 40.0 Å². The summed E-state index contributed by atoms with van der Waals surface area (Å²) in [5, 5.41) is 14.3. The minimum atomic E-state index is -0.0701. The summed E-state index contributed by atoms with van der Waals surface area (Å²) in [7, 11) is 0. The maximum Gasteiger partial charge on any atom is 0.321 e. The number of nitrogens with one attached hydrogen (secondary N) is 4. The lowest BCUT2D eigenvalue weighted by molar-refractivity contribution is 0.0957. The number of carbonyl (C=O) groups is 2. The average Bonchev–Trinajstić information content (AvgIpc) is 3.62. The number of amides is 3. The first-order chi connectivity index (χ1) is 17.6. The van der Waals surface area contributed by atoms with E-state index in [0.717, 1.165) is 60.0 Å². The largest absolute Gasteiger partial charge is 0.370 e. The molecule has 4 N–H and O–H groups in total. The molecule has 0 spiro atoms. The second kappa shape index (κ2) is 14.0. The molecule has 3 aromatic rings. The summed E-state index contributed by atoms with van der Waals surface area (Å²) >= 11 is 1.43. The van der Waals surface area contributed by atoms with Crippen LogP contribution in [-0.2, 0) is 0 Å². The Balaban J connectivity index is 0. The third kappa shape index (κ3) is 7.94. The molecule has 1 aromatic carbocycles. The SMILES string of the molecule is CC.Cc1cnc(Nc2cccc(NC(=O)N3CCCC3)c2)nc1NCCCNC(=O)c1cccs1.[HH].[HH].[HH].[HH]. The van der Waals surface area contributed by atoms with Gasteiger partial charge < -0.3 is 26.2 Å². The Hall–Kier alpha value is -3.66. The Morgan fingerprint density at radius 3 is 2.61 bits per heavy atom. The van der Waals surface area contributed by atoms with Gasteiger partial charge in [0.2, 0.25) is 5.95 Å². The van der Waals surface area contributed by atoms with Gasteiger partial charge in [0.15, 0.2) is 0 Å². The first-order valence-electron chi connectivity index (χ1n) is 12.4. The second-order valence-electron chi connectivity index (χ2n) is 8.07. The quantitative estimate of drug-likeness (QED) is 0.242. The molecule has 3 amide bonds. The van der Waals surface area contributed by atoms with E-state index < -0.39 is 0 Å². The summed E-state index contributed by atoms with van der Waals surface area (Å²) in [6, 6.07) is 11.1. The van der Waals surface area contributed by atoms with Crippen LogP contribution in [0.25, 0.3) is 0 Å². The van der Waals surface area contributed by atoms with Gasteiger partial charge in [-0.1, -0.05) is 26.0 Å². The van der Waals surface area contributed by atoms with Crippen molar-refractivity contribution in [3.05, 3.63) is 58.4 Å². The van der Waals surface area contributed by atoms with Crippen LogP contribution in [0, 0.1) is 6.92 Å². The molecule has 1 fully saturated rings. The molecule has 1 aliphatic rings. The highest BCUT2D eigenvalue weighted by Gasteiger charge is 2.17. The number of carbonyl (C=O) groups excluding carboxylic acids is 2. The lowest BCUT2D eigenvalue weighted by Gasteiger charge is -2.16. The number of aryl methyl sites for hydroxylation is 1. The molecule has 2 aromatic heterocycles. The van der Waals surface area contributed by atoms with Gasteiger partial charge in [-0.15, -0.1) is 11.3 Å². The Morgan fingerprint density at radius 1 is 1.08 bits per heavy atom. The monoisotopic (exact) mass is 517 g/mol. The number of likely N-dealkylation sites (tertiary alicyclic amines) is 1. The fourth-order valence-corrected chi connectivity index (χ4v) is 4.24. The van der Waals surface area contributed by atoms with E-state index in [2.05, 4.69) is 31.2 Å². The summed E-state index contributed by atoms with van der Waals surface area (Å²) in [6.45, 7) is 8.80. The molecular formula is C26H43N7O2S.